The molecule has 1 aromatic carbocycles. The zero-order valence-electron chi connectivity index (χ0n) is 11.3. The molecule has 0 aliphatic carbocycles. The van der Waals surface area contributed by atoms with Crippen LogP contribution in [0.15, 0.2) is 41.6 Å². The molecule has 0 radical (unpaired) electrons. The van der Waals surface area contributed by atoms with E-state index in [-0.39, 0.29) is 10.9 Å². The van der Waals surface area contributed by atoms with Crippen LogP contribution < -0.4 is 0 Å². The van der Waals surface area contributed by atoms with Crippen molar-refractivity contribution in [1.82, 2.24) is 19.3 Å². The zero-order valence-corrected chi connectivity index (χ0v) is 12.8. The highest BCUT2D eigenvalue weighted by atomic mass is 35.5. The van der Waals surface area contributed by atoms with Gasteiger partial charge in [0.05, 0.1) is 23.3 Å². The molecule has 0 amide bonds. The van der Waals surface area contributed by atoms with Gasteiger partial charge in [0.2, 0.25) is 10.0 Å². The van der Waals surface area contributed by atoms with Gasteiger partial charge in [-0.2, -0.15) is 19.3 Å². The molecule has 1 saturated heterocycles. The summed E-state index contributed by atoms with van der Waals surface area (Å²) in [5.74, 6) is 0. The van der Waals surface area contributed by atoms with Crippen LogP contribution in [0.4, 0.5) is 0 Å². The molecule has 1 aliphatic heterocycles. The molecule has 0 atom stereocenters. The highest BCUT2D eigenvalue weighted by Crippen LogP contribution is 2.26. The van der Waals surface area contributed by atoms with Gasteiger partial charge in [0.1, 0.15) is 0 Å². The van der Waals surface area contributed by atoms with Gasteiger partial charge in [-0.3, -0.25) is 0 Å². The van der Waals surface area contributed by atoms with Crippen molar-refractivity contribution in [1.29, 1.82) is 0 Å². The molecule has 112 valence electrons. The largest absolute Gasteiger partial charge is 0.243 e. The van der Waals surface area contributed by atoms with E-state index in [1.807, 2.05) is 0 Å². The van der Waals surface area contributed by atoms with E-state index in [9.17, 15) is 8.42 Å². The average Bonchev–Trinajstić information content (AvgIpc) is 3.02. The lowest BCUT2D eigenvalue weighted by atomic mass is 10.1. The first kappa shape index (κ1) is 14.5. The van der Waals surface area contributed by atoms with Crippen molar-refractivity contribution >= 4 is 21.6 Å². The van der Waals surface area contributed by atoms with Crippen LogP contribution in [0.2, 0.25) is 5.02 Å². The zero-order chi connectivity index (χ0) is 14.9. The van der Waals surface area contributed by atoms with Crippen LogP contribution in [-0.2, 0) is 10.0 Å². The normalized spacial score (nSPS) is 18.0. The Morgan fingerprint density at radius 3 is 2.43 bits per heavy atom. The molecule has 1 aliphatic rings. The Balaban J connectivity index is 1.74. The fourth-order valence-electron chi connectivity index (χ4n) is 2.50. The average molecular weight is 327 g/mol. The van der Waals surface area contributed by atoms with Gasteiger partial charge in [-0.05, 0) is 31.0 Å². The van der Waals surface area contributed by atoms with Crippen LogP contribution in [0.1, 0.15) is 18.9 Å². The number of hydrogen-bond donors (Lipinski definition) is 0. The van der Waals surface area contributed by atoms with Crippen LogP contribution in [-0.4, -0.2) is 40.8 Å². The number of rotatable bonds is 3. The SMILES string of the molecule is O=S(=O)(c1cccc(Cl)c1)N1CCC(n2nccn2)CC1. The summed E-state index contributed by atoms with van der Waals surface area (Å²) in [6, 6.07) is 6.53. The highest BCUT2D eigenvalue weighted by Gasteiger charge is 2.30. The molecule has 0 unspecified atom stereocenters. The van der Waals surface area contributed by atoms with Crippen LogP contribution in [0.25, 0.3) is 0 Å². The third-order valence-electron chi connectivity index (χ3n) is 3.62. The molecule has 1 fully saturated rings. The molecule has 8 heteroatoms. The fraction of sp³-hybridized carbons (Fsp3) is 0.385. The molecule has 6 nitrogen and oxygen atoms in total. The second kappa shape index (κ2) is 5.75. The van der Waals surface area contributed by atoms with Crippen LogP contribution in [0, 0.1) is 0 Å². The summed E-state index contributed by atoms with van der Waals surface area (Å²) in [6.45, 7) is 0.919. The lowest BCUT2D eigenvalue weighted by molar-refractivity contribution is 0.245. The third kappa shape index (κ3) is 2.95. The molecular weight excluding hydrogens is 312 g/mol. The van der Waals surface area contributed by atoms with E-state index in [1.54, 1.807) is 35.4 Å². The van der Waals surface area contributed by atoms with Crippen LogP contribution >= 0.6 is 11.6 Å². The van der Waals surface area contributed by atoms with E-state index in [2.05, 4.69) is 10.2 Å². The number of sulfonamides is 1. The van der Waals surface area contributed by atoms with Gasteiger partial charge < -0.3 is 0 Å². The molecule has 0 bridgehead atoms. The smallest absolute Gasteiger partial charge is 0.207 e. The minimum absolute atomic E-state index is 0.158. The summed E-state index contributed by atoms with van der Waals surface area (Å²) >= 11 is 5.88. The second-order valence-corrected chi connectivity index (χ2v) is 7.32. The number of nitrogens with zero attached hydrogens (tertiary/aromatic N) is 4. The Kier molecular flexibility index (Phi) is 3.97. The van der Waals surface area contributed by atoms with Crippen molar-refractivity contribution in [2.45, 2.75) is 23.8 Å². The maximum atomic E-state index is 12.6. The van der Waals surface area contributed by atoms with Crippen molar-refractivity contribution in [2.75, 3.05) is 13.1 Å². The maximum Gasteiger partial charge on any atom is 0.243 e. The molecular formula is C13H15ClN4O2S. The monoisotopic (exact) mass is 326 g/mol. The topological polar surface area (TPSA) is 68.1 Å². The van der Waals surface area contributed by atoms with Gasteiger partial charge in [0.15, 0.2) is 0 Å². The Labute approximate surface area is 128 Å². The van der Waals surface area contributed by atoms with Crippen molar-refractivity contribution in [3.05, 3.63) is 41.7 Å². The van der Waals surface area contributed by atoms with Crippen LogP contribution in [0.5, 0.6) is 0 Å². The summed E-state index contributed by atoms with van der Waals surface area (Å²) in [7, 11) is -3.48. The van der Waals surface area contributed by atoms with E-state index in [0.29, 0.717) is 31.0 Å². The van der Waals surface area contributed by atoms with E-state index in [0.717, 1.165) is 0 Å². The standard InChI is InChI=1S/C13H15ClN4O2S/c14-11-2-1-3-13(10-11)21(19,20)17-8-4-12(5-9-17)18-15-6-7-16-18/h1-3,6-7,10,12H,4-5,8-9H2. The summed E-state index contributed by atoms with van der Waals surface area (Å²) in [5.41, 5.74) is 0. The van der Waals surface area contributed by atoms with Gasteiger partial charge in [-0.15, -0.1) is 0 Å². The predicted molar refractivity (Wildman–Crippen MR) is 78.5 cm³/mol. The Morgan fingerprint density at radius 1 is 1.14 bits per heavy atom. The summed E-state index contributed by atoms with van der Waals surface area (Å²) in [4.78, 5) is 1.90. The number of benzene rings is 1. The third-order valence-corrected chi connectivity index (χ3v) is 5.75. The predicted octanol–water partition coefficient (Wildman–Crippen LogP) is 1.96. The van der Waals surface area contributed by atoms with E-state index < -0.39 is 10.0 Å². The van der Waals surface area contributed by atoms with Gasteiger partial charge in [0.25, 0.3) is 0 Å². The van der Waals surface area contributed by atoms with E-state index in [1.165, 1.54) is 10.4 Å². The Hall–Kier alpha value is -1.44. The molecule has 3 rings (SSSR count). The molecule has 21 heavy (non-hydrogen) atoms. The minimum atomic E-state index is -3.48. The second-order valence-electron chi connectivity index (χ2n) is 4.94. The highest BCUT2D eigenvalue weighted by molar-refractivity contribution is 7.89. The Bertz CT molecular complexity index is 710. The maximum absolute atomic E-state index is 12.6. The van der Waals surface area contributed by atoms with Gasteiger partial charge >= 0.3 is 0 Å². The first-order chi connectivity index (χ1) is 10.1. The molecule has 2 heterocycles. The number of halogens is 1. The van der Waals surface area contributed by atoms with Gasteiger partial charge in [-0.1, -0.05) is 17.7 Å². The molecule has 0 N–H and O–H groups in total. The molecule has 0 saturated carbocycles. The minimum Gasteiger partial charge on any atom is -0.207 e. The summed E-state index contributed by atoms with van der Waals surface area (Å²) < 4.78 is 26.6. The van der Waals surface area contributed by atoms with Gasteiger partial charge in [0, 0.05) is 18.1 Å². The first-order valence-corrected chi connectivity index (χ1v) is 8.51. The molecule has 0 spiro atoms. The first-order valence-electron chi connectivity index (χ1n) is 6.69. The van der Waals surface area contributed by atoms with Crippen molar-refractivity contribution in [2.24, 2.45) is 0 Å². The lowest BCUT2D eigenvalue weighted by Gasteiger charge is -2.30. The molecule has 2 aromatic rings. The van der Waals surface area contributed by atoms with Crippen molar-refractivity contribution in [3.8, 4) is 0 Å². The van der Waals surface area contributed by atoms with Crippen molar-refractivity contribution < 1.29 is 8.42 Å². The lowest BCUT2D eigenvalue weighted by Crippen LogP contribution is -2.39. The quantitative estimate of drug-likeness (QED) is 0.864. The van der Waals surface area contributed by atoms with Gasteiger partial charge in [-0.25, -0.2) is 8.42 Å². The fourth-order valence-corrected chi connectivity index (χ4v) is 4.28. The number of piperidine rings is 1. The number of hydrogen-bond acceptors (Lipinski definition) is 4. The van der Waals surface area contributed by atoms with E-state index >= 15 is 0 Å². The molecule has 1 aromatic heterocycles. The van der Waals surface area contributed by atoms with E-state index in [4.69, 9.17) is 11.6 Å². The summed E-state index contributed by atoms with van der Waals surface area (Å²) in [6.07, 6.45) is 4.67. The summed E-state index contributed by atoms with van der Waals surface area (Å²) in [5, 5.41) is 8.66. The van der Waals surface area contributed by atoms with Crippen LogP contribution in [0.3, 0.4) is 0 Å². The van der Waals surface area contributed by atoms with Crippen molar-refractivity contribution in [3.63, 3.8) is 0 Å². The Morgan fingerprint density at radius 2 is 1.81 bits per heavy atom. The number of aromatic nitrogens is 3.